The van der Waals surface area contributed by atoms with Crippen LogP contribution in [0.25, 0.3) is 0 Å². The predicted octanol–water partition coefficient (Wildman–Crippen LogP) is 5.88. The summed E-state index contributed by atoms with van der Waals surface area (Å²) in [5.41, 5.74) is -0.0661. The van der Waals surface area contributed by atoms with Crippen molar-refractivity contribution in [2.24, 2.45) is 0 Å². The highest BCUT2D eigenvalue weighted by atomic mass is 35.5. The lowest BCUT2D eigenvalue weighted by atomic mass is 10.1. The van der Waals surface area contributed by atoms with E-state index in [4.69, 9.17) is 16.3 Å². The Labute approximate surface area is 211 Å². The summed E-state index contributed by atoms with van der Waals surface area (Å²) in [6.45, 7) is -0.521. The molecule has 0 saturated carbocycles. The zero-order valence-corrected chi connectivity index (χ0v) is 19.3. The summed E-state index contributed by atoms with van der Waals surface area (Å²) >= 11 is 6.00. The molecule has 1 aromatic heterocycles. The maximum Gasteiger partial charge on any atom is 0.271 e. The van der Waals surface area contributed by atoms with E-state index >= 15 is 0 Å². The van der Waals surface area contributed by atoms with E-state index in [1.54, 1.807) is 12.1 Å². The van der Waals surface area contributed by atoms with Gasteiger partial charge in [0.05, 0.1) is 22.1 Å². The normalized spacial score (nSPS) is 10.8. The van der Waals surface area contributed by atoms with Crippen LogP contribution in [0.1, 0.15) is 21.5 Å². The van der Waals surface area contributed by atoms with Gasteiger partial charge in [-0.3, -0.25) is 19.6 Å². The molecule has 13 heteroatoms. The molecule has 8 nitrogen and oxygen atoms in total. The number of hydrogen-bond acceptors (Lipinski definition) is 5. The van der Waals surface area contributed by atoms with Crippen molar-refractivity contribution < 1.29 is 32.0 Å². The molecule has 0 atom stereocenters. The summed E-state index contributed by atoms with van der Waals surface area (Å²) in [5.74, 6) is -6.35. The molecule has 3 aromatic carbocycles. The van der Waals surface area contributed by atoms with Crippen molar-refractivity contribution >= 4 is 29.0 Å². The maximum atomic E-state index is 13.9. The number of nitro groups is 1. The summed E-state index contributed by atoms with van der Waals surface area (Å²) in [6.07, 6.45) is 1.28. The molecule has 0 radical (unpaired) electrons. The number of carbonyl (C=O) groups excluding carboxylic acids is 1. The Morgan fingerprint density at radius 3 is 2.32 bits per heavy atom. The molecule has 0 aliphatic rings. The highest BCUT2D eigenvalue weighted by Gasteiger charge is 2.20. The fourth-order valence-corrected chi connectivity index (χ4v) is 3.49. The van der Waals surface area contributed by atoms with Crippen molar-refractivity contribution in [2.75, 3.05) is 5.32 Å². The molecule has 0 aliphatic carbocycles. The zero-order valence-electron chi connectivity index (χ0n) is 18.6. The molecule has 0 fully saturated rings. The molecule has 190 valence electrons. The maximum absolute atomic E-state index is 13.9. The molecule has 1 N–H and O–H groups in total. The van der Waals surface area contributed by atoms with Gasteiger partial charge in [0, 0.05) is 36.0 Å². The van der Waals surface area contributed by atoms with Crippen LogP contribution >= 0.6 is 11.6 Å². The molecule has 1 heterocycles. The van der Waals surface area contributed by atoms with Gasteiger partial charge in [0.15, 0.2) is 29.1 Å². The minimum absolute atomic E-state index is 0.0444. The Bertz CT molecular complexity index is 1470. The molecule has 0 spiro atoms. The Hall–Kier alpha value is -4.45. The Morgan fingerprint density at radius 2 is 1.70 bits per heavy atom. The van der Waals surface area contributed by atoms with Crippen LogP contribution in [0, 0.1) is 33.4 Å². The fourth-order valence-electron chi connectivity index (χ4n) is 3.26. The summed E-state index contributed by atoms with van der Waals surface area (Å²) in [4.78, 5) is 22.7. The topological polar surface area (TPSA) is 99.3 Å². The monoisotopic (exact) mass is 534 g/mol. The van der Waals surface area contributed by atoms with Crippen molar-refractivity contribution in [3.05, 3.63) is 116 Å². The van der Waals surface area contributed by atoms with E-state index in [-0.39, 0.29) is 40.5 Å². The number of nitrogens with one attached hydrogen (secondary N) is 1. The molecule has 1 amide bonds. The average molecular weight is 535 g/mol. The zero-order chi connectivity index (χ0) is 26.7. The SMILES string of the molecule is O=C(Nc1ccn(Cc2c(F)c(F)cc(F)c2F)n1)c1ccc(COc2ccc([N+](=O)[O-])cc2Cl)cc1. The van der Waals surface area contributed by atoms with Gasteiger partial charge in [0.25, 0.3) is 11.6 Å². The first-order chi connectivity index (χ1) is 17.6. The highest BCUT2D eigenvalue weighted by Crippen LogP contribution is 2.29. The number of aromatic nitrogens is 2. The Kier molecular flexibility index (Phi) is 7.39. The lowest BCUT2D eigenvalue weighted by molar-refractivity contribution is -0.384. The molecule has 0 unspecified atom stereocenters. The predicted molar refractivity (Wildman–Crippen MR) is 124 cm³/mol. The van der Waals surface area contributed by atoms with Gasteiger partial charge in [-0.1, -0.05) is 23.7 Å². The lowest BCUT2D eigenvalue weighted by Gasteiger charge is -2.09. The number of halogens is 5. The molecule has 0 bridgehead atoms. The van der Waals surface area contributed by atoms with Crippen molar-refractivity contribution in [2.45, 2.75) is 13.2 Å². The third kappa shape index (κ3) is 5.86. The second kappa shape index (κ2) is 10.7. The van der Waals surface area contributed by atoms with Crippen LogP contribution in [-0.2, 0) is 13.2 Å². The third-order valence-electron chi connectivity index (χ3n) is 5.14. The largest absolute Gasteiger partial charge is 0.487 e. The number of benzene rings is 3. The Balaban J connectivity index is 1.36. The molecule has 4 rings (SSSR count). The molecule has 0 aliphatic heterocycles. The van der Waals surface area contributed by atoms with E-state index in [2.05, 4.69) is 10.4 Å². The Morgan fingerprint density at radius 1 is 1.03 bits per heavy atom. The van der Waals surface area contributed by atoms with E-state index in [1.165, 1.54) is 42.6 Å². The molecule has 4 aromatic rings. The first kappa shape index (κ1) is 25.6. The number of nitro benzene ring substituents is 1. The van der Waals surface area contributed by atoms with Crippen LogP contribution in [0.15, 0.2) is 60.8 Å². The van der Waals surface area contributed by atoms with Crippen LogP contribution in [0.4, 0.5) is 29.1 Å². The van der Waals surface area contributed by atoms with E-state index in [9.17, 15) is 32.5 Å². The fraction of sp³-hybridized carbons (Fsp3) is 0.0833. The van der Waals surface area contributed by atoms with Crippen molar-refractivity contribution in [1.29, 1.82) is 0 Å². The van der Waals surface area contributed by atoms with E-state index in [0.717, 1.165) is 4.68 Å². The first-order valence-corrected chi connectivity index (χ1v) is 10.8. The number of amides is 1. The summed E-state index contributed by atoms with van der Waals surface area (Å²) in [5, 5.41) is 17.3. The quantitative estimate of drug-likeness (QED) is 0.132. The smallest absolute Gasteiger partial charge is 0.271 e. The van der Waals surface area contributed by atoms with E-state index in [1.807, 2.05) is 0 Å². The van der Waals surface area contributed by atoms with Gasteiger partial charge in [-0.2, -0.15) is 5.10 Å². The molecule has 0 saturated heterocycles. The summed E-state index contributed by atoms with van der Waals surface area (Å²) in [7, 11) is 0. The summed E-state index contributed by atoms with van der Waals surface area (Å²) < 4.78 is 61.2. The second-order valence-electron chi connectivity index (χ2n) is 7.66. The number of hydrogen-bond donors (Lipinski definition) is 1. The number of non-ortho nitro benzene ring substituents is 1. The van der Waals surface area contributed by atoms with Crippen LogP contribution in [-0.4, -0.2) is 20.6 Å². The first-order valence-electron chi connectivity index (χ1n) is 10.4. The minimum atomic E-state index is -1.53. The average Bonchev–Trinajstić information content (AvgIpc) is 3.31. The van der Waals surface area contributed by atoms with Gasteiger partial charge >= 0.3 is 0 Å². The van der Waals surface area contributed by atoms with Crippen LogP contribution in [0.5, 0.6) is 5.75 Å². The van der Waals surface area contributed by atoms with E-state index < -0.39 is 46.2 Å². The van der Waals surface area contributed by atoms with Gasteiger partial charge in [-0.15, -0.1) is 0 Å². The molecular weight excluding hydrogens is 520 g/mol. The van der Waals surface area contributed by atoms with Gasteiger partial charge in [-0.05, 0) is 23.8 Å². The number of nitrogens with zero attached hydrogens (tertiary/aromatic N) is 3. The van der Waals surface area contributed by atoms with Crippen molar-refractivity contribution in [3.8, 4) is 5.75 Å². The minimum Gasteiger partial charge on any atom is -0.487 e. The van der Waals surface area contributed by atoms with Gasteiger partial charge < -0.3 is 10.1 Å². The van der Waals surface area contributed by atoms with Crippen LogP contribution in [0.3, 0.4) is 0 Å². The highest BCUT2D eigenvalue weighted by molar-refractivity contribution is 6.32. The molecule has 37 heavy (non-hydrogen) atoms. The van der Waals surface area contributed by atoms with Crippen LogP contribution < -0.4 is 10.1 Å². The van der Waals surface area contributed by atoms with Gasteiger partial charge in [0.2, 0.25) is 0 Å². The summed E-state index contributed by atoms with van der Waals surface area (Å²) in [6, 6.07) is 11.6. The standard InChI is InChI=1S/C24H15ClF4N4O4/c25-17-9-15(33(35)36)5-6-20(17)37-12-13-1-3-14(4-2-13)24(34)30-21-7-8-32(31-21)11-16-22(28)18(26)10-19(27)23(16)29/h1-10H,11-12H2,(H,30,31,34). The van der Waals surface area contributed by atoms with Crippen molar-refractivity contribution in [3.63, 3.8) is 0 Å². The third-order valence-corrected chi connectivity index (χ3v) is 5.44. The number of rotatable bonds is 8. The van der Waals surface area contributed by atoms with Gasteiger partial charge in [0.1, 0.15) is 12.4 Å². The molecular formula is C24H15ClF4N4O4. The van der Waals surface area contributed by atoms with Crippen LogP contribution in [0.2, 0.25) is 5.02 Å². The number of carbonyl (C=O) groups is 1. The number of ether oxygens (including phenoxy) is 1. The number of anilines is 1. The lowest BCUT2D eigenvalue weighted by Crippen LogP contribution is -2.13. The van der Waals surface area contributed by atoms with Gasteiger partial charge in [-0.25, -0.2) is 17.6 Å². The second-order valence-corrected chi connectivity index (χ2v) is 8.06. The van der Waals surface area contributed by atoms with Crippen molar-refractivity contribution in [1.82, 2.24) is 9.78 Å². The van der Waals surface area contributed by atoms with E-state index in [0.29, 0.717) is 5.56 Å².